The number of hydrogen-bond acceptors (Lipinski definition) is 7. The van der Waals surface area contributed by atoms with Crippen LogP contribution in [0.5, 0.6) is 0 Å². The van der Waals surface area contributed by atoms with Crippen molar-refractivity contribution in [2.45, 2.75) is 13.5 Å². The van der Waals surface area contributed by atoms with Crippen molar-refractivity contribution in [3.8, 4) is 0 Å². The lowest BCUT2D eigenvalue weighted by molar-refractivity contribution is -0.116. The fourth-order valence-electron chi connectivity index (χ4n) is 2.68. The Hall–Kier alpha value is -2.46. The van der Waals surface area contributed by atoms with Gasteiger partial charge in [0.2, 0.25) is 5.91 Å². The summed E-state index contributed by atoms with van der Waals surface area (Å²) in [4.78, 5) is 42.4. The maximum Gasteiger partial charge on any atom is 0.348 e. The lowest BCUT2D eigenvalue weighted by Crippen LogP contribution is -2.27. The molecule has 8 nitrogen and oxygen atoms in total. The summed E-state index contributed by atoms with van der Waals surface area (Å²) in [5, 5.41) is 3.59. The molecular formula is C19H17Cl2N3O5S. The Balaban J connectivity index is 1.81. The summed E-state index contributed by atoms with van der Waals surface area (Å²) in [6.07, 6.45) is 1.27. The van der Waals surface area contributed by atoms with Gasteiger partial charge in [-0.1, -0.05) is 23.2 Å². The van der Waals surface area contributed by atoms with Gasteiger partial charge in [-0.15, -0.1) is 11.3 Å². The molecule has 1 amide bonds. The topological polar surface area (TPSA) is 99.5 Å². The number of carbonyl (C=O) groups excluding carboxylic acids is 2. The van der Waals surface area contributed by atoms with E-state index in [1.165, 1.54) is 24.1 Å². The van der Waals surface area contributed by atoms with Crippen molar-refractivity contribution in [1.82, 2.24) is 9.55 Å². The van der Waals surface area contributed by atoms with Gasteiger partial charge in [0.05, 0.1) is 28.4 Å². The lowest BCUT2D eigenvalue weighted by atomic mass is 10.2. The Morgan fingerprint density at radius 3 is 2.70 bits per heavy atom. The van der Waals surface area contributed by atoms with Crippen LogP contribution in [-0.2, 0) is 20.8 Å². The van der Waals surface area contributed by atoms with Crippen molar-refractivity contribution in [3.63, 3.8) is 0 Å². The highest BCUT2D eigenvalue weighted by molar-refractivity contribution is 7.20. The molecule has 0 spiro atoms. The van der Waals surface area contributed by atoms with E-state index in [2.05, 4.69) is 10.3 Å². The second-order valence-corrected chi connectivity index (χ2v) is 8.03. The van der Waals surface area contributed by atoms with E-state index in [0.29, 0.717) is 31.0 Å². The number of rotatable bonds is 7. The number of ether oxygens (including phenoxy) is 2. The van der Waals surface area contributed by atoms with Gasteiger partial charge < -0.3 is 14.8 Å². The number of nitrogens with zero attached hydrogens (tertiary/aromatic N) is 2. The number of thiophene rings is 1. The maximum absolute atomic E-state index is 12.9. The third-order valence-electron chi connectivity index (χ3n) is 4.14. The van der Waals surface area contributed by atoms with Gasteiger partial charge in [0.1, 0.15) is 22.9 Å². The molecule has 3 rings (SSSR count). The molecular weight excluding hydrogens is 453 g/mol. The number of methoxy groups -OCH3 is 1. The molecule has 11 heteroatoms. The van der Waals surface area contributed by atoms with Gasteiger partial charge in [0.15, 0.2) is 0 Å². The number of aromatic nitrogens is 2. The summed E-state index contributed by atoms with van der Waals surface area (Å²) >= 11 is 12.9. The highest BCUT2D eigenvalue weighted by Crippen LogP contribution is 2.27. The van der Waals surface area contributed by atoms with Gasteiger partial charge in [-0.2, -0.15) is 0 Å². The molecule has 0 radical (unpaired) electrons. The zero-order valence-electron chi connectivity index (χ0n) is 16.0. The van der Waals surface area contributed by atoms with Crippen molar-refractivity contribution < 1.29 is 19.1 Å². The molecule has 3 aromatic rings. The second kappa shape index (κ2) is 9.57. The first-order valence-corrected chi connectivity index (χ1v) is 10.3. The van der Waals surface area contributed by atoms with Crippen molar-refractivity contribution >= 4 is 62.3 Å². The van der Waals surface area contributed by atoms with Crippen LogP contribution in [-0.4, -0.2) is 41.8 Å². The van der Waals surface area contributed by atoms with E-state index in [0.717, 1.165) is 11.3 Å². The Morgan fingerprint density at radius 2 is 2.00 bits per heavy atom. The zero-order chi connectivity index (χ0) is 21.8. The summed E-state index contributed by atoms with van der Waals surface area (Å²) in [7, 11) is 1.50. The van der Waals surface area contributed by atoms with E-state index in [1.807, 2.05) is 0 Å². The number of esters is 1. The number of fused-ring (bicyclic) bond motifs is 1. The predicted molar refractivity (Wildman–Crippen MR) is 116 cm³/mol. The number of carbonyl (C=O) groups is 2. The molecule has 0 aliphatic rings. The largest absolute Gasteiger partial charge is 0.459 e. The fraction of sp³-hybridized carbons (Fsp3) is 0.263. The van der Waals surface area contributed by atoms with Crippen LogP contribution < -0.4 is 10.9 Å². The van der Waals surface area contributed by atoms with Gasteiger partial charge in [-0.3, -0.25) is 14.2 Å². The second-order valence-electron chi connectivity index (χ2n) is 6.22. The van der Waals surface area contributed by atoms with E-state index in [9.17, 15) is 14.4 Å². The Labute approximate surface area is 185 Å². The number of aryl methyl sites for hydroxylation is 1. The van der Waals surface area contributed by atoms with Crippen molar-refractivity contribution in [1.29, 1.82) is 0 Å². The molecule has 0 saturated heterocycles. The molecule has 0 bridgehead atoms. The van der Waals surface area contributed by atoms with E-state index in [1.54, 1.807) is 19.1 Å². The summed E-state index contributed by atoms with van der Waals surface area (Å²) in [6, 6.07) is 4.67. The van der Waals surface area contributed by atoms with E-state index in [4.69, 9.17) is 32.7 Å². The molecule has 0 fully saturated rings. The normalized spacial score (nSPS) is 10.9. The molecule has 158 valence electrons. The molecule has 0 unspecified atom stereocenters. The first-order valence-electron chi connectivity index (χ1n) is 8.71. The van der Waals surface area contributed by atoms with Crippen LogP contribution in [0.3, 0.4) is 0 Å². The smallest absolute Gasteiger partial charge is 0.348 e. The first-order chi connectivity index (χ1) is 14.3. The molecule has 0 aliphatic carbocycles. The molecule has 2 aromatic heterocycles. The number of anilines is 1. The minimum Gasteiger partial charge on any atom is -0.459 e. The molecule has 0 aliphatic heterocycles. The van der Waals surface area contributed by atoms with Gasteiger partial charge >= 0.3 is 5.97 Å². The Kier molecular flexibility index (Phi) is 7.09. The minimum atomic E-state index is -0.545. The van der Waals surface area contributed by atoms with Crippen LogP contribution in [0.2, 0.25) is 10.0 Å². The number of hydrogen-bond donors (Lipinski definition) is 1. The maximum atomic E-state index is 12.9. The number of halogens is 2. The highest BCUT2D eigenvalue weighted by atomic mass is 35.5. The molecule has 1 N–H and O–H groups in total. The van der Waals surface area contributed by atoms with Crippen molar-refractivity contribution in [2.75, 3.05) is 25.6 Å². The molecule has 30 heavy (non-hydrogen) atoms. The summed E-state index contributed by atoms with van der Waals surface area (Å²) in [6.45, 7) is 1.77. The molecule has 1 aromatic carbocycles. The van der Waals surface area contributed by atoms with E-state index >= 15 is 0 Å². The highest BCUT2D eigenvalue weighted by Gasteiger charge is 2.21. The molecule has 0 saturated carbocycles. The SMILES string of the molecule is COCCOC(=O)c1sc2ncn(CC(=O)Nc3ccc(Cl)c(Cl)c3)c(=O)c2c1C. The van der Waals surface area contributed by atoms with Crippen molar-refractivity contribution in [2.24, 2.45) is 0 Å². The Bertz CT molecular complexity index is 1170. The standard InChI is InChI=1S/C19H17Cl2N3O5S/c1-10-15-17(30-16(10)19(27)29-6-5-28-2)22-9-24(18(15)26)8-14(25)23-11-3-4-12(20)13(21)7-11/h3-4,7,9H,5-6,8H2,1-2H3,(H,23,25). The number of benzene rings is 1. The van der Waals surface area contributed by atoms with E-state index < -0.39 is 17.4 Å². The quantitative estimate of drug-likeness (QED) is 0.419. The predicted octanol–water partition coefficient (Wildman–Crippen LogP) is 3.52. The van der Waals surface area contributed by atoms with Crippen LogP contribution in [0.4, 0.5) is 5.69 Å². The van der Waals surface area contributed by atoms with E-state index in [-0.39, 0.29) is 25.1 Å². The Morgan fingerprint density at radius 1 is 1.23 bits per heavy atom. The minimum absolute atomic E-state index is 0.107. The fourth-order valence-corrected chi connectivity index (χ4v) is 4.01. The van der Waals surface area contributed by atoms with Crippen molar-refractivity contribution in [3.05, 3.63) is 55.4 Å². The van der Waals surface area contributed by atoms with Gasteiger partial charge in [0, 0.05) is 12.8 Å². The average Bonchev–Trinajstić information content (AvgIpc) is 3.04. The molecule has 2 heterocycles. The monoisotopic (exact) mass is 469 g/mol. The van der Waals surface area contributed by atoms with Crippen LogP contribution in [0.1, 0.15) is 15.2 Å². The van der Waals surface area contributed by atoms with Gasteiger partial charge in [-0.05, 0) is 30.7 Å². The zero-order valence-corrected chi connectivity index (χ0v) is 18.4. The number of nitrogens with one attached hydrogen (secondary N) is 1. The van der Waals surface area contributed by atoms with Gasteiger partial charge in [0.25, 0.3) is 5.56 Å². The number of amides is 1. The first kappa shape index (κ1) is 22.2. The van der Waals surface area contributed by atoms with Crippen LogP contribution in [0.15, 0.2) is 29.3 Å². The third-order valence-corrected chi connectivity index (χ3v) is 6.06. The van der Waals surface area contributed by atoms with Gasteiger partial charge in [-0.25, -0.2) is 9.78 Å². The van der Waals surface area contributed by atoms with Crippen LogP contribution >= 0.6 is 34.5 Å². The lowest BCUT2D eigenvalue weighted by Gasteiger charge is -2.08. The van der Waals surface area contributed by atoms with Crippen LogP contribution in [0, 0.1) is 6.92 Å². The average molecular weight is 470 g/mol. The van der Waals surface area contributed by atoms with Crippen LogP contribution in [0.25, 0.3) is 10.2 Å². The summed E-state index contributed by atoms with van der Waals surface area (Å²) in [5.74, 6) is -0.986. The summed E-state index contributed by atoms with van der Waals surface area (Å²) in [5.41, 5.74) is 0.493. The summed E-state index contributed by atoms with van der Waals surface area (Å²) < 4.78 is 11.2. The molecule has 0 atom stereocenters. The third kappa shape index (κ3) is 4.81.